The maximum Gasteiger partial charge on any atom is 0.354 e. The molecule has 0 aliphatic heterocycles. The third-order valence-electron chi connectivity index (χ3n) is 2.90. The van der Waals surface area contributed by atoms with E-state index in [1.54, 1.807) is 0 Å². The van der Waals surface area contributed by atoms with Crippen molar-refractivity contribution in [1.82, 2.24) is 15.2 Å². The second-order valence-corrected chi connectivity index (χ2v) is 4.74. The molecule has 1 aliphatic rings. The molecule has 2 amide bonds. The normalized spacial score (nSPS) is 13.7. The fourth-order valence-electron chi connectivity index (χ4n) is 1.69. The fourth-order valence-corrected chi connectivity index (χ4v) is 1.69. The predicted molar refractivity (Wildman–Crippen MR) is 69.3 cm³/mol. The van der Waals surface area contributed by atoms with Gasteiger partial charge in [0.1, 0.15) is 5.69 Å². The van der Waals surface area contributed by atoms with Crippen molar-refractivity contribution in [1.29, 1.82) is 0 Å². The Bertz CT molecular complexity index is 554. The highest BCUT2D eigenvalue weighted by Crippen LogP contribution is 2.18. The molecule has 0 atom stereocenters. The van der Waals surface area contributed by atoms with Crippen molar-refractivity contribution >= 4 is 17.8 Å². The summed E-state index contributed by atoms with van der Waals surface area (Å²) in [6.45, 7) is -0.0555. The van der Waals surface area contributed by atoms with Crippen molar-refractivity contribution in [2.45, 2.75) is 18.9 Å². The first kappa shape index (κ1) is 14.0. The van der Waals surface area contributed by atoms with Crippen LogP contribution in [0.1, 0.15) is 33.7 Å². The summed E-state index contributed by atoms with van der Waals surface area (Å²) in [5.41, 5.74) is -0.00851. The second-order valence-electron chi connectivity index (χ2n) is 4.74. The summed E-state index contributed by atoms with van der Waals surface area (Å²) in [6.07, 6.45) is 3.22. The SMILES string of the molecule is CN(CC(=O)NC1CC1)C(=O)c1ccnc(C(=O)O)c1. The average Bonchev–Trinajstić information content (AvgIpc) is 3.21. The van der Waals surface area contributed by atoms with Crippen LogP contribution in [0.5, 0.6) is 0 Å². The maximum atomic E-state index is 12.1. The van der Waals surface area contributed by atoms with E-state index in [1.807, 2.05) is 0 Å². The van der Waals surface area contributed by atoms with Gasteiger partial charge in [0, 0.05) is 24.8 Å². The van der Waals surface area contributed by atoms with Crippen LogP contribution in [0.2, 0.25) is 0 Å². The molecule has 20 heavy (non-hydrogen) atoms. The number of pyridine rings is 1. The Labute approximate surface area is 115 Å². The lowest BCUT2D eigenvalue weighted by atomic mass is 10.2. The van der Waals surface area contributed by atoms with E-state index in [0.717, 1.165) is 12.8 Å². The van der Waals surface area contributed by atoms with Crippen molar-refractivity contribution in [3.8, 4) is 0 Å². The summed E-state index contributed by atoms with van der Waals surface area (Å²) < 4.78 is 0. The highest BCUT2D eigenvalue weighted by Gasteiger charge is 2.24. The summed E-state index contributed by atoms with van der Waals surface area (Å²) >= 11 is 0. The molecule has 2 rings (SSSR count). The monoisotopic (exact) mass is 277 g/mol. The predicted octanol–water partition coefficient (Wildman–Crippen LogP) is 0.130. The highest BCUT2D eigenvalue weighted by molar-refractivity contribution is 5.98. The van der Waals surface area contributed by atoms with Gasteiger partial charge in [-0.25, -0.2) is 9.78 Å². The van der Waals surface area contributed by atoms with Crippen LogP contribution >= 0.6 is 0 Å². The molecule has 0 radical (unpaired) electrons. The van der Waals surface area contributed by atoms with Gasteiger partial charge in [-0.05, 0) is 25.0 Å². The minimum Gasteiger partial charge on any atom is -0.477 e. The van der Waals surface area contributed by atoms with Gasteiger partial charge < -0.3 is 15.3 Å². The number of hydrogen-bond acceptors (Lipinski definition) is 4. The number of nitrogens with zero attached hydrogens (tertiary/aromatic N) is 2. The number of aromatic carboxylic acids is 1. The summed E-state index contributed by atoms with van der Waals surface area (Å²) in [6, 6.07) is 2.86. The molecule has 0 bridgehead atoms. The number of carbonyl (C=O) groups excluding carboxylic acids is 2. The minimum absolute atomic E-state index is 0.0555. The Morgan fingerprint density at radius 1 is 1.45 bits per heavy atom. The van der Waals surface area contributed by atoms with Gasteiger partial charge in [0.05, 0.1) is 6.54 Å². The average molecular weight is 277 g/mol. The van der Waals surface area contributed by atoms with Crippen LogP contribution in [0.4, 0.5) is 0 Å². The smallest absolute Gasteiger partial charge is 0.354 e. The first-order chi connectivity index (χ1) is 9.47. The molecule has 1 aliphatic carbocycles. The topological polar surface area (TPSA) is 99.6 Å². The Hall–Kier alpha value is -2.44. The van der Waals surface area contributed by atoms with E-state index in [-0.39, 0.29) is 29.8 Å². The van der Waals surface area contributed by atoms with Crippen molar-refractivity contribution < 1.29 is 19.5 Å². The lowest BCUT2D eigenvalue weighted by Crippen LogP contribution is -2.39. The van der Waals surface area contributed by atoms with E-state index in [4.69, 9.17) is 5.11 Å². The molecule has 1 fully saturated rings. The van der Waals surface area contributed by atoms with Crippen LogP contribution < -0.4 is 5.32 Å². The number of rotatable bonds is 5. The largest absolute Gasteiger partial charge is 0.477 e. The molecule has 0 aromatic carbocycles. The molecule has 1 heterocycles. The summed E-state index contributed by atoms with van der Waals surface area (Å²) in [7, 11) is 1.50. The van der Waals surface area contributed by atoms with Crippen LogP contribution in [-0.2, 0) is 4.79 Å². The van der Waals surface area contributed by atoms with Gasteiger partial charge in [-0.3, -0.25) is 9.59 Å². The van der Waals surface area contributed by atoms with Crippen molar-refractivity contribution in [2.75, 3.05) is 13.6 Å². The number of aromatic nitrogens is 1. The standard InChI is InChI=1S/C13H15N3O4/c1-16(7-11(17)15-9-2-3-9)12(18)8-4-5-14-10(6-8)13(19)20/h4-6,9H,2-3,7H2,1H3,(H,15,17)(H,19,20). The number of carboxylic acids is 1. The quantitative estimate of drug-likeness (QED) is 0.797. The molecule has 2 N–H and O–H groups in total. The molecular weight excluding hydrogens is 262 g/mol. The maximum absolute atomic E-state index is 12.1. The third-order valence-corrected chi connectivity index (χ3v) is 2.90. The second kappa shape index (κ2) is 5.68. The molecule has 1 aromatic rings. The van der Waals surface area contributed by atoms with Gasteiger partial charge >= 0.3 is 5.97 Å². The minimum atomic E-state index is -1.20. The van der Waals surface area contributed by atoms with E-state index in [2.05, 4.69) is 10.3 Å². The molecular formula is C13H15N3O4. The Morgan fingerprint density at radius 3 is 2.75 bits per heavy atom. The lowest BCUT2D eigenvalue weighted by Gasteiger charge is -2.16. The third kappa shape index (κ3) is 3.53. The van der Waals surface area contributed by atoms with Gasteiger partial charge in [-0.15, -0.1) is 0 Å². The van der Waals surface area contributed by atoms with Crippen LogP contribution in [0.3, 0.4) is 0 Å². The van der Waals surface area contributed by atoms with Crippen molar-refractivity contribution in [2.24, 2.45) is 0 Å². The summed E-state index contributed by atoms with van der Waals surface area (Å²) in [5, 5.41) is 11.6. The highest BCUT2D eigenvalue weighted by atomic mass is 16.4. The first-order valence-corrected chi connectivity index (χ1v) is 6.21. The van der Waals surface area contributed by atoms with Gasteiger partial charge in [0.2, 0.25) is 5.91 Å². The Morgan fingerprint density at radius 2 is 2.15 bits per heavy atom. The molecule has 7 nitrogen and oxygen atoms in total. The van der Waals surface area contributed by atoms with E-state index >= 15 is 0 Å². The van der Waals surface area contributed by atoms with Gasteiger partial charge in [0.25, 0.3) is 5.91 Å². The van der Waals surface area contributed by atoms with E-state index in [9.17, 15) is 14.4 Å². The van der Waals surface area contributed by atoms with E-state index in [1.165, 1.54) is 30.3 Å². The number of hydrogen-bond donors (Lipinski definition) is 2. The van der Waals surface area contributed by atoms with Crippen molar-refractivity contribution in [3.63, 3.8) is 0 Å². The number of carbonyl (C=O) groups is 3. The van der Waals surface area contributed by atoms with Crippen LogP contribution in [-0.4, -0.2) is 52.4 Å². The lowest BCUT2D eigenvalue weighted by molar-refractivity contribution is -0.121. The first-order valence-electron chi connectivity index (χ1n) is 6.21. The van der Waals surface area contributed by atoms with Gasteiger partial charge in [0.15, 0.2) is 0 Å². The molecule has 1 aromatic heterocycles. The summed E-state index contributed by atoms with van der Waals surface area (Å²) in [4.78, 5) is 39.4. The molecule has 0 saturated heterocycles. The van der Waals surface area contributed by atoms with Crippen LogP contribution in [0.15, 0.2) is 18.3 Å². The Kier molecular flexibility index (Phi) is 3.97. The van der Waals surface area contributed by atoms with Crippen LogP contribution in [0.25, 0.3) is 0 Å². The molecule has 0 unspecified atom stereocenters. The van der Waals surface area contributed by atoms with Crippen LogP contribution in [0, 0.1) is 0 Å². The zero-order valence-corrected chi connectivity index (χ0v) is 11.0. The molecule has 7 heteroatoms. The van der Waals surface area contributed by atoms with E-state index < -0.39 is 11.9 Å². The van der Waals surface area contributed by atoms with Gasteiger partial charge in [-0.1, -0.05) is 0 Å². The Balaban J connectivity index is 1.99. The fraction of sp³-hybridized carbons (Fsp3) is 0.385. The van der Waals surface area contributed by atoms with Crippen molar-refractivity contribution in [3.05, 3.63) is 29.6 Å². The zero-order valence-electron chi connectivity index (χ0n) is 11.0. The molecule has 1 saturated carbocycles. The molecule has 0 spiro atoms. The van der Waals surface area contributed by atoms with E-state index in [0.29, 0.717) is 0 Å². The number of nitrogens with one attached hydrogen (secondary N) is 1. The zero-order chi connectivity index (χ0) is 14.7. The summed E-state index contributed by atoms with van der Waals surface area (Å²) in [5.74, 6) is -1.83. The van der Waals surface area contributed by atoms with Gasteiger partial charge in [-0.2, -0.15) is 0 Å². The number of carboxylic acid groups (broad SMARTS) is 1. The number of likely N-dealkylation sites (N-methyl/N-ethyl adjacent to an activating group) is 1. The molecule has 106 valence electrons. The number of amides is 2.